The van der Waals surface area contributed by atoms with Gasteiger partial charge >= 0.3 is 0 Å². The van der Waals surface area contributed by atoms with Gasteiger partial charge in [0.15, 0.2) is 5.69 Å². The Labute approximate surface area is 157 Å². The zero-order chi connectivity index (χ0) is 18.8. The number of nitrogens with one attached hydrogen (secondary N) is 1. The number of rotatable bonds is 4. The van der Waals surface area contributed by atoms with Gasteiger partial charge in [0.1, 0.15) is 11.5 Å². The van der Waals surface area contributed by atoms with E-state index in [0.29, 0.717) is 31.0 Å². The number of aryl methyl sites for hydroxylation is 1. The second kappa shape index (κ2) is 7.42. The normalized spacial score (nSPS) is 18.7. The van der Waals surface area contributed by atoms with Crippen molar-refractivity contribution in [2.24, 2.45) is 5.92 Å². The number of carbonyl (C=O) groups excluding carboxylic acids is 2. The molecule has 0 bridgehead atoms. The lowest BCUT2D eigenvalue weighted by atomic mass is 9.97. The second-order valence-electron chi connectivity index (χ2n) is 7.21. The van der Waals surface area contributed by atoms with Crippen molar-refractivity contribution in [3.05, 3.63) is 46.8 Å². The van der Waals surface area contributed by atoms with Crippen LogP contribution in [0.4, 0.5) is 0 Å². The average molecular weight is 369 g/mol. The molecule has 1 fully saturated rings. The number of benzene rings is 1. The standard InChI is InChI=1S/C20H23N3O4/c1-13-9-17(22-27-13)19(24)21-11-14-3-2-7-23(12-14)20(25)16-4-5-18-15(10-16)6-8-26-18/h4-5,9-10,14H,2-3,6-8,11-12H2,1H3,(H,21,24)/t14-/m0/s1. The van der Waals surface area contributed by atoms with Crippen LogP contribution in [-0.2, 0) is 6.42 Å². The molecule has 0 radical (unpaired) electrons. The van der Waals surface area contributed by atoms with E-state index >= 15 is 0 Å². The van der Waals surface area contributed by atoms with Crippen LogP contribution in [-0.4, -0.2) is 48.1 Å². The van der Waals surface area contributed by atoms with Crippen molar-refractivity contribution in [3.63, 3.8) is 0 Å². The lowest BCUT2D eigenvalue weighted by Crippen LogP contribution is -2.43. The molecule has 0 spiro atoms. The number of hydrogen-bond acceptors (Lipinski definition) is 5. The average Bonchev–Trinajstić information content (AvgIpc) is 3.34. The maximum absolute atomic E-state index is 12.9. The Balaban J connectivity index is 1.35. The maximum Gasteiger partial charge on any atom is 0.273 e. The van der Waals surface area contributed by atoms with Crippen LogP contribution in [0.1, 0.15) is 45.0 Å². The van der Waals surface area contributed by atoms with Gasteiger partial charge in [-0.1, -0.05) is 5.16 Å². The number of ether oxygens (including phenoxy) is 1. The van der Waals surface area contributed by atoms with Crippen molar-refractivity contribution >= 4 is 11.8 Å². The van der Waals surface area contributed by atoms with E-state index in [1.54, 1.807) is 13.0 Å². The summed E-state index contributed by atoms with van der Waals surface area (Å²) >= 11 is 0. The molecule has 0 aliphatic carbocycles. The highest BCUT2D eigenvalue weighted by atomic mass is 16.5. The minimum atomic E-state index is -0.242. The van der Waals surface area contributed by atoms with Gasteiger partial charge in [-0.25, -0.2) is 0 Å². The molecule has 7 heteroatoms. The van der Waals surface area contributed by atoms with Crippen LogP contribution in [0.25, 0.3) is 0 Å². The summed E-state index contributed by atoms with van der Waals surface area (Å²) in [7, 11) is 0. The zero-order valence-corrected chi connectivity index (χ0v) is 15.4. The highest BCUT2D eigenvalue weighted by Crippen LogP contribution is 2.27. The SMILES string of the molecule is Cc1cc(C(=O)NC[C@@H]2CCCN(C(=O)c3ccc4c(c3)CCO4)C2)no1. The van der Waals surface area contributed by atoms with Crippen LogP contribution in [0.3, 0.4) is 0 Å². The number of likely N-dealkylation sites (tertiary alicyclic amines) is 1. The van der Waals surface area contributed by atoms with Crippen LogP contribution < -0.4 is 10.1 Å². The van der Waals surface area contributed by atoms with E-state index in [1.165, 1.54) is 0 Å². The Morgan fingerprint density at radius 2 is 2.22 bits per heavy atom. The van der Waals surface area contributed by atoms with Crippen molar-refractivity contribution in [1.82, 2.24) is 15.4 Å². The minimum Gasteiger partial charge on any atom is -0.493 e. The molecule has 2 amide bonds. The first-order valence-corrected chi connectivity index (χ1v) is 9.36. The molecule has 2 aliphatic rings. The van der Waals surface area contributed by atoms with Crippen molar-refractivity contribution < 1.29 is 18.8 Å². The van der Waals surface area contributed by atoms with E-state index in [4.69, 9.17) is 9.26 Å². The summed E-state index contributed by atoms with van der Waals surface area (Å²) in [5.41, 5.74) is 2.10. The van der Waals surface area contributed by atoms with Gasteiger partial charge in [0.25, 0.3) is 11.8 Å². The molecule has 1 saturated heterocycles. The molecule has 1 atom stereocenters. The fourth-order valence-electron chi connectivity index (χ4n) is 3.72. The molecular weight excluding hydrogens is 346 g/mol. The number of aromatic nitrogens is 1. The number of nitrogens with zero attached hydrogens (tertiary/aromatic N) is 2. The Hall–Kier alpha value is -2.83. The van der Waals surface area contributed by atoms with Gasteiger partial charge in [-0.3, -0.25) is 9.59 Å². The van der Waals surface area contributed by atoms with Crippen LogP contribution in [0.5, 0.6) is 5.75 Å². The van der Waals surface area contributed by atoms with Gasteiger partial charge < -0.3 is 19.5 Å². The topological polar surface area (TPSA) is 84.7 Å². The smallest absolute Gasteiger partial charge is 0.273 e. The molecule has 142 valence electrons. The Morgan fingerprint density at radius 1 is 1.33 bits per heavy atom. The first kappa shape index (κ1) is 17.6. The lowest BCUT2D eigenvalue weighted by molar-refractivity contribution is 0.0670. The number of carbonyl (C=O) groups is 2. The summed E-state index contributed by atoms with van der Waals surface area (Å²) < 4.78 is 10.4. The predicted molar refractivity (Wildman–Crippen MR) is 97.8 cm³/mol. The summed E-state index contributed by atoms with van der Waals surface area (Å²) in [6, 6.07) is 7.29. The molecule has 2 aliphatic heterocycles. The molecule has 1 aromatic heterocycles. The van der Waals surface area contributed by atoms with Gasteiger partial charge in [0.2, 0.25) is 0 Å². The van der Waals surface area contributed by atoms with Crippen molar-refractivity contribution in [3.8, 4) is 5.75 Å². The largest absolute Gasteiger partial charge is 0.493 e. The Bertz CT molecular complexity index is 861. The maximum atomic E-state index is 12.9. The third-order valence-corrected chi connectivity index (χ3v) is 5.15. The van der Waals surface area contributed by atoms with E-state index in [9.17, 15) is 9.59 Å². The first-order valence-electron chi connectivity index (χ1n) is 9.36. The molecule has 4 rings (SSSR count). The fourth-order valence-corrected chi connectivity index (χ4v) is 3.72. The van der Waals surface area contributed by atoms with Gasteiger partial charge in [-0.2, -0.15) is 0 Å². The second-order valence-corrected chi connectivity index (χ2v) is 7.21. The van der Waals surface area contributed by atoms with Crippen molar-refractivity contribution in [2.45, 2.75) is 26.2 Å². The van der Waals surface area contributed by atoms with Crippen LogP contribution in [0.15, 0.2) is 28.8 Å². The van der Waals surface area contributed by atoms with Crippen LogP contribution in [0, 0.1) is 12.8 Å². The molecule has 3 heterocycles. The summed E-state index contributed by atoms with van der Waals surface area (Å²) in [6.45, 7) is 4.35. The Kier molecular flexibility index (Phi) is 4.83. The first-order chi connectivity index (χ1) is 13.1. The quantitative estimate of drug-likeness (QED) is 0.893. The molecular formula is C20H23N3O4. The predicted octanol–water partition coefficient (Wildman–Crippen LogP) is 2.20. The molecule has 0 unspecified atom stereocenters. The number of hydrogen-bond donors (Lipinski definition) is 1. The molecule has 2 aromatic rings. The highest BCUT2D eigenvalue weighted by molar-refractivity contribution is 5.95. The van der Waals surface area contributed by atoms with Gasteiger partial charge in [-0.15, -0.1) is 0 Å². The summed E-state index contributed by atoms with van der Waals surface area (Å²) in [4.78, 5) is 26.9. The third kappa shape index (κ3) is 3.82. The summed E-state index contributed by atoms with van der Waals surface area (Å²) in [6.07, 6.45) is 2.77. The summed E-state index contributed by atoms with van der Waals surface area (Å²) in [5.74, 6) is 1.53. The van der Waals surface area contributed by atoms with Gasteiger partial charge in [0, 0.05) is 37.7 Å². The molecule has 1 N–H and O–H groups in total. The van der Waals surface area contributed by atoms with E-state index in [-0.39, 0.29) is 23.4 Å². The molecule has 0 saturated carbocycles. The number of amides is 2. The fraction of sp³-hybridized carbons (Fsp3) is 0.450. The molecule has 1 aromatic carbocycles. The number of fused-ring (bicyclic) bond motifs is 1. The third-order valence-electron chi connectivity index (χ3n) is 5.15. The van der Waals surface area contributed by atoms with Crippen molar-refractivity contribution in [1.29, 1.82) is 0 Å². The molecule has 7 nitrogen and oxygen atoms in total. The zero-order valence-electron chi connectivity index (χ0n) is 15.4. The van der Waals surface area contributed by atoms with Gasteiger partial charge in [0.05, 0.1) is 6.61 Å². The van der Waals surface area contributed by atoms with E-state index in [1.807, 2.05) is 23.1 Å². The van der Waals surface area contributed by atoms with Crippen LogP contribution >= 0.6 is 0 Å². The lowest BCUT2D eigenvalue weighted by Gasteiger charge is -2.33. The van der Waals surface area contributed by atoms with E-state index < -0.39 is 0 Å². The number of piperidine rings is 1. The Morgan fingerprint density at radius 3 is 3.04 bits per heavy atom. The molecule has 27 heavy (non-hydrogen) atoms. The van der Waals surface area contributed by atoms with Crippen molar-refractivity contribution in [2.75, 3.05) is 26.2 Å². The van der Waals surface area contributed by atoms with E-state index in [2.05, 4.69) is 10.5 Å². The van der Waals surface area contributed by atoms with Gasteiger partial charge in [-0.05, 0) is 49.4 Å². The minimum absolute atomic E-state index is 0.0489. The van der Waals surface area contributed by atoms with Crippen LogP contribution in [0.2, 0.25) is 0 Å². The monoisotopic (exact) mass is 369 g/mol. The van der Waals surface area contributed by atoms with E-state index in [0.717, 1.165) is 37.1 Å². The highest BCUT2D eigenvalue weighted by Gasteiger charge is 2.26. The summed E-state index contributed by atoms with van der Waals surface area (Å²) in [5, 5.41) is 6.63.